The first-order valence-electron chi connectivity index (χ1n) is 13.3. The van der Waals surface area contributed by atoms with Crippen LogP contribution in [-0.2, 0) is 6.54 Å². The Labute approximate surface area is 236 Å². The first kappa shape index (κ1) is 26.0. The summed E-state index contributed by atoms with van der Waals surface area (Å²) >= 11 is 0. The summed E-state index contributed by atoms with van der Waals surface area (Å²) in [5.74, 6) is 0.225. The number of hydrogen-bond donors (Lipinski definition) is 3. The summed E-state index contributed by atoms with van der Waals surface area (Å²) < 4.78 is 13.9. The van der Waals surface area contributed by atoms with E-state index in [-0.39, 0.29) is 5.82 Å². The third-order valence-electron chi connectivity index (χ3n) is 6.84. The molecule has 0 fully saturated rings. The molecule has 4 aromatic heterocycles. The van der Waals surface area contributed by atoms with Gasteiger partial charge in [-0.3, -0.25) is 10.1 Å². The van der Waals surface area contributed by atoms with Gasteiger partial charge in [-0.15, -0.1) is 0 Å². The van der Waals surface area contributed by atoms with Gasteiger partial charge in [0.05, 0.1) is 22.4 Å². The maximum Gasteiger partial charge on any atom is 0.161 e. The molecule has 2 aromatic carbocycles. The fourth-order valence-electron chi connectivity index (χ4n) is 4.75. The average Bonchev–Trinajstić information content (AvgIpc) is 3.63. The average molecular weight is 542 g/mol. The summed E-state index contributed by atoms with van der Waals surface area (Å²) in [6.45, 7) is 7.45. The standard InChI is InChI=1S/C33H28FN7/c1-3-21(19-35-20-22-9-6-5-7-10-22)17-23(4-2)26-13-14-28-31(37-26)32(41-40-28)33-38-27-15-16-36-29(30(27)39-33)24-11-8-12-25(34)18-24/h3-18,35H,1,19-20H2,2H3,(H,38,39)(H,40,41)/b21-17+,23-4+. The minimum atomic E-state index is -0.326. The number of aromatic amines is 2. The normalized spacial score (nSPS) is 12.3. The lowest BCUT2D eigenvalue weighted by atomic mass is 10.1. The quantitative estimate of drug-likeness (QED) is 0.171. The zero-order valence-electron chi connectivity index (χ0n) is 22.5. The third kappa shape index (κ3) is 5.46. The van der Waals surface area contributed by atoms with E-state index in [2.05, 4.69) is 50.3 Å². The molecule has 0 atom stereocenters. The van der Waals surface area contributed by atoms with E-state index in [9.17, 15) is 4.39 Å². The Balaban J connectivity index is 1.31. The molecule has 41 heavy (non-hydrogen) atoms. The summed E-state index contributed by atoms with van der Waals surface area (Å²) in [6.07, 6.45) is 7.67. The first-order chi connectivity index (χ1) is 20.1. The van der Waals surface area contributed by atoms with Crippen molar-refractivity contribution in [2.24, 2.45) is 0 Å². The van der Waals surface area contributed by atoms with Gasteiger partial charge in [0, 0.05) is 24.8 Å². The van der Waals surface area contributed by atoms with E-state index in [0.29, 0.717) is 40.4 Å². The number of imidazole rings is 1. The molecule has 0 saturated carbocycles. The summed E-state index contributed by atoms with van der Waals surface area (Å²) in [6, 6.07) is 22.4. The van der Waals surface area contributed by atoms with E-state index in [4.69, 9.17) is 9.97 Å². The molecule has 0 unspecified atom stereocenters. The Hall–Kier alpha value is -5.21. The number of allylic oxidation sites excluding steroid dienone is 3. The molecule has 0 aliphatic heterocycles. The topological polar surface area (TPSA) is 95.2 Å². The van der Waals surface area contributed by atoms with Crippen molar-refractivity contribution in [3.63, 3.8) is 0 Å². The Bertz CT molecular complexity index is 1910. The number of hydrogen-bond acceptors (Lipinski definition) is 5. The van der Waals surface area contributed by atoms with Crippen LogP contribution in [0.25, 0.3) is 50.4 Å². The maximum atomic E-state index is 13.9. The largest absolute Gasteiger partial charge is 0.336 e. The second kappa shape index (κ2) is 11.5. The van der Waals surface area contributed by atoms with Crippen molar-refractivity contribution in [1.82, 2.24) is 35.5 Å². The Morgan fingerprint density at radius 2 is 1.80 bits per heavy atom. The number of halogens is 1. The molecule has 202 valence electrons. The number of nitrogens with zero attached hydrogens (tertiary/aromatic N) is 4. The van der Waals surface area contributed by atoms with Crippen LogP contribution in [0.5, 0.6) is 0 Å². The molecular formula is C33H28FN7. The summed E-state index contributed by atoms with van der Waals surface area (Å²) in [5, 5.41) is 11.1. The predicted octanol–water partition coefficient (Wildman–Crippen LogP) is 7.01. The fourth-order valence-corrected chi connectivity index (χ4v) is 4.75. The molecule has 4 heterocycles. The van der Waals surface area contributed by atoms with Crippen LogP contribution < -0.4 is 5.32 Å². The molecule has 3 N–H and O–H groups in total. The van der Waals surface area contributed by atoms with Crippen molar-refractivity contribution in [3.05, 3.63) is 126 Å². The molecule has 0 bridgehead atoms. The van der Waals surface area contributed by atoms with Gasteiger partial charge < -0.3 is 10.3 Å². The van der Waals surface area contributed by atoms with E-state index in [1.165, 1.54) is 17.7 Å². The third-order valence-corrected chi connectivity index (χ3v) is 6.84. The smallest absolute Gasteiger partial charge is 0.161 e. The maximum absolute atomic E-state index is 13.9. The van der Waals surface area contributed by atoms with Gasteiger partial charge in [0.2, 0.25) is 0 Å². The van der Waals surface area contributed by atoms with Gasteiger partial charge in [-0.1, -0.05) is 61.2 Å². The number of rotatable bonds is 9. The number of nitrogens with one attached hydrogen (secondary N) is 3. The molecule has 0 amide bonds. The van der Waals surface area contributed by atoms with Gasteiger partial charge in [0.25, 0.3) is 0 Å². The highest BCUT2D eigenvalue weighted by molar-refractivity contribution is 5.95. The zero-order valence-corrected chi connectivity index (χ0v) is 22.5. The molecule has 0 spiro atoms. The Morgan fingerprint density at radius 1 is 0.951 bits per heavy atom. The highest BCUT2D eigenvalue weighted by Crippen LogP contribution is 2.30. The van der Waals surface area contributed by atoms with Gasteiger partial charge in [0.1, 0.15) is 16.9 Å². The number of pyridine rings is 2. The van der Waals surface area contributed by atoms with Crippen LogP contribution in [-0.4, -0.2) is 36.7 Å². The number of aromatic nitrogens is 6. The molecule has 0 radical (unpaired) electrons. The highest BCUT2D eigenvalue weighted by atomic mass is 19.1. The van der Waals surface area contributed by atoms with Gasteiger partial charge >= 0.3 is 0 Å². The fraction of sp³-hybridized carbons (Fsp3) is 0.0909. The minimum Gasteiger partial charge on any atom is -0.336 e. The molecule has 0 aliphatic carbocycles. The Morgan fingerprint density at radius 3 is 2.61 bits per heavy atom. The van der Waals surface area contributed by atoms with Crippen molar-refractivity contribution in [3.8, 4) is 22.8 Å². The lowest BCUT2D eigenvalue weighted by Gasteiger charge is -2.08. The summed E-state index contributed by atoms with van der Waals surface area (Å²) in [5.41, 5.74) is 8.80. The summed E-state index contributed by atoms with van der Waals surface area (Å²) in [7, 11) is 0. The van der Waals surface area contributed by atoms with E-state index in [0.717, 1.165) is 34.4 Å². The predicted molar refractivity (Wildman–Crippen MR) is 162 cm³/mol. The van der Waals surface area contributed by atoms with E-state index >= 15 is 0 Å². The van der Waals surface area contributed by atoms with Crippen molar-refractivity contribution < 1.29 is 4.39 Å². The minimum absolute atomic E-state index is 0.326. The van der Waals surface area contributed by atoms with Gasteiger partial charge in [0.15, 0.2) is 11.5 Å². The van der Waals surface area contributed by atoms with Gasteiger partial charge in [-0.2, -0.15) is 5.10 Å². The van der Waals surface area contributed by atoms with Crippen LogP contribution in [0.2, 0.25) is 0 Å². The molecule has 7 nitrogen and oxygen atoms in total. The number of benzene rings is 2. The zero-order chi connectivity index (χ0) is 28.2. The van der Waals surface area contributed by atoms with E-state index < -0.39 is 0 Å². The van der Waals surface area contributed by atoms with Gasteiger partial charge in [-0.25, -0.2) is 14.4 Å². The molecule has 6 rings (SSSR count). The highest BCUT2D eigenvalue weighted by Gasteiger charge is 2.17. The molecule has 0 saturated heterocycles. The first-order valence-corrected chi connectivity index (χ1v) is 13.3. The number of fused-ring (bicyclic) bond motifs is 2. The number of H-pyrrole nitrogens is 2. The van der Waals surface area contributed by atoms with Crippen LogP contribution in [0.4, 0.5) is 4.39 Å². The SMILES string of the molecule is C=C/C(=C\C(=C/C)c1ccc2[nH]nc(-c3nc4c(-c5cccc(F)c5)nccc4[nH]3)c2n1)CNCc1ccccc1. The Kier molecular flexibility index (Phi) is 7.30. The van der Waals surface area contributed by atoms with Crippen molar-refractivity contribution >= 4 is 27.6 Å². The van der Waals surface area contributed by atoms with Crippen molar-refractivity contribution in [2.45, 2.75) is 13.5 Å². The van der Waals surface area contributed by atoms with Crippen molar-refractivity contribution in [1.29, 1.82) is 0 Å². The van der Waals surface area contributed by atoms with Crippen LogP contribution in [0.3, 0.4) is 0 Å². The molecule has 8 heteroatoms. The second-order valence-corrected chi connectivity index (χ2v) is 9.57. The van der Waals surface area contributed by atoms with Crippen LogP contribution in [0, 0.1) is 5.82 Å². The van der Waals surface area contributed by atoms with Crippen LogP contribution in [0.15, 0.2) is 109 Å². The van der Waals surface area contributed by atoms with Crippen LogP contribution in [0.1, 0.15) is 18.2 Å². The molecule has 6 aromatic rings. The van der Waals surface area contributed by atoms with Crippen molar-refractivity contribution in [2.75, 3.05) is 6.54 Å². The molecular weight excluding hydrogens is 513 g/mol. The summed E-state index contributed by atoms with van der Waals surface area (Å²) in [4.78, 5) is 17.6. The van der Waals surface area contributed by atoms with Gasteiger partial charge in [-0.05, 0) is 60.0 Å². The van der Waals surface area contributed by atoms with E-state index in [1.54, 1.807) is 12.3 Å². The van der Waals surface area contributed by atoms with E-state index in [1.807, 2.05) is 61.5 Å². The monoisotopic (exact) mass is 541 g/mol. The molecule has 0 aliphatic rings. The lowest BCUT2D eigenvalue weighted by Crippen LogP contribution is -2.16. The second-order valence-electron chi connectivity index (χ2n) is 9.57. The van der Waals surface area contributed by atoms with Crippen LogP contribution >= 0.6 is 0 Å². The lowest BCUT2D eigenvalue weighted by molar-refractivity contribution is 0.628.